The Morgan fingerprint density at radius 1 is 1.24 bits per heavy atom. The third-order valence-electron chi connectivity index (χ3n) is 3.25. The van der Waals surface area contributed by atoms with Gasteiger partial charge in [-0.05, 0) is 12.1 Å². The monoisotopic (exact) mass is 281 g/mol. The van der Waals surface area contributed by atoms with Gasteiger partial charge in [-0.3, -0.25) is 0 Å². The molecule has 3 rings (SSSR count). The van der Waals surface area contributed by atoms with E-state index in [-0.39, 0.29) is 0 Å². The molecule has 21 heavy (non-hydrogen) atoms. The van der Waals surface area contributed by atoms with Gasteiger partial charge in [0.15, 0.2) is 5.82 Å². The zero-order valence-corrected chi connectivity index (χ0v) is 11.5. The molecule has 2 aromatic rings. The van der Waals surface area contributed by atoms with Gasteiger partial charge in [0, 0.05) is 13.1 Å². The number of aliphatic imine (C=N–C) groups is 1. The fraction of sp³-hybridized carbons (Fsp3) is 0.267. The predicted molar refractivity (Wildman–Crippen MR) is 78.8 cm³/mol. The number of para-hydroxylation sites is 1. The van der Waals surface area contributed by atoms with E-state index in [9.17, 15) is 5.26 Å². The van der Waals surface area contributed by atoms with Crippen LogP contribution in [0.4, 0.5) is 5.82 Å². The maximum Gasteiger partial charge on any atom is 0.175 e. The summed E-state index contributed by atoms with van der Waals surface area (Å²) in [6.45, 7) is 3.03. The second-order valence-electron chi connectivity index (χ2n) is 4.63. The van der Waals surface area contributed by atoms with Crippen LogP contribution in [0.5, 0.6) is 0 Å². The van der Waals surface area contributed by atoms with E-state index in [4.69, 9.17) is 4.74 Å². The number of benzene rings is 1. The number of nitriles is 1. The first-order chi connectivity index (χ1) is 10.4. The molecule has 1 aliphatic heterocycles. The molecule has 2 heterocycles. The van der Waals surface area contributed by atoms with Crippen LogP contribution in [0, 0.1) is 11.3 Å². The summed E-state index contributed by atoms with van der Waals surface area (Å²) >= 11 is 0. The zero-order chi connectivity index (χ0) is 14.5. The Labute approximate surface area is 122 Å². The fourth-order valence-electron chi connectivity index (χ4n) is 2.13. The summed E-state index contributed by atoms with van der Waals surface area (Å²) in [7, 11) is 0. The average molecular weight is 281 g/mol. The lowest BCUT2D eigenvalue weighted by Crippen LogP contribution is -2.35. The van der Waals surface area contributed by atoms with Crippen LogP contribution in [0.2, 0.25) is 0 Å². The average Bonchev–Trinajstić information content (AvgIpc) is 2.97. The van der Waals surface area contributed by atoms with Gasteiger partial charge in [-0.25, -0.2) is 9.67 Å². The second-order valence-corrected chi connectivity index (χ2v) is 4.63. The molecule has 1 aromatic carbocycles. The number of hydrogen-bond acceptors (Lipinski definition) is 4. The molecule has 0 aliphatic carbocycles. The first-order valence-electron chi connectivity index (χ1n) is 6.78. The summed E-state index contributed by atoms with van der Waals surface area (Å²) in [5, 5.41) is 13.5. The van der Waals surface area contributed by atoms with Crippen molar-refractivity contribution in [3.63, 3.8) is 0 Å². The van der Waals surface area contributed by atoms with E-state index < -0.39 is 0 Å². The number of rotatable bonds is 3. The van der Waals surface area contributed by atoms with Gasteiger partial charge in [0.05, 0.1) is 31.4 Å². The summed E-state index contributed by atoms with van der Waals surface area (Å²) in [6, 6.07) is 11.8. The normalized spacial score (nSPS) is 15.3. The van der Waals surface area contributed by atoms with Crippen LogP contribution in [0.3, 0.4) is 0 Å². The van der Waals surface area contributed by atoms with E-state index in [0.29, 0.717) is 24.6 Å². The van der Waals surface area contributed by atoms with Crippen LogP contribution in [0.25, 0.3) is 5.69 Å². The highest BCUT2D eigenvalue weighted by Crippen LogP contribution is 2.22. The Kier molecular flexibility index (Phi) is 3.94. The van der Waals surface area contributed by atoms with Gasteiger partial charge in [-0.15, -0.1) is 0 Å². The zero-order valence-electron chi connectivity index (χ0n) is 11.5. The summed E-state index contributed by atoms with van der Waals surface area (Å²) in [5.41, 5.74) is 1.34. The fourth-order valence-corrected chi connectivity index (χ4v) is 2.13. The molecule has 106 valence electrons. The molecule has 0 unspecified atom stereocenters. The molecule has 0 N–H and O–H groups in total. The highest BCUT2D eigenvalue weighted by atomic mass is 16.5. The molecule has 1 aliphatic rings. The van der Waals surface area contributed by atoms with Crippen molar-refractivity contribution in [3.8, 4) is 11.8 Å². The van der Waals surface area contributed by atoms with Crippen LogP contribution < -0.4 is 0 Å². The van der Waals surface area contributed by atoms with E-state index >= 15 is 0 Å². The summed E-state index contributed by atoms with van der Waals surface area (Å²) in [4.78, 5) is 6.54. The van der Waals surface area contributed by atoms with Crippen molar-refractivity contribution in [1.82, 2.24) is 14.7 Å². The summed E-state index contributed by atoms with van der Waals surface area (Å²) in [5.74, 6) is 0.551. The minimum Gasteiger partial charge on any atom is -0.378 e. The van der Waals surface area contributed by atoms with Crippen molar-refractivity contribution in [3.05, 3.63) is 42.1 Å². The molecule has 0 amide bonds. The molecule has 0 bridgehead atoms. The lowest BCUT2D eigenvalue weighted by Gasteiger charge is -2.24. The maximum absolute atomic E-state index is 9.20. The highest BCUT2D eigenvalue weighted by molar-refractivity contribution is 5.64. The van der Waals surface area contributed by atoms with Crippen LogP contribution in [0.15, 0.2) is 41.5 Å². The van der Waals surface area contributed by atoms with E-state index in [1.54, 1.807) is 17.2 Å². The summed E-state index contributed by atoms with van der Waals surface area (Å²) in [6.07, 6.45) is 3.30. The van der Waals surface area contributed by atoms with Gasteiger partial charge in [0.25, 0.3) is 0 Å². The van der Waals surface area contributed by atoms with E-state index in [1.165, 1.54) is 0 Å². The topological polar surface area (TPSA) is 66.4 Å². The van der Waals surface area contributed by atoms with Crippen molar-refractivity contribution >= 4 is 12.2 Å². The molecule has 0 radical (unpaired) electrons. The van der Waals surface area contributed by atoms with Gasteiger partial charge >= 0.3 is 0 Å². The van der Waals surface area contributed by atoms with Gasteiger partial charge in [0.1, 0.15) is 11.6 Å². The standard InChI is InChI=1S/C15H15N5O/c16-10-13-11-18-20(14-4-2-1-3-5-14)15(13)17-12-19-6-8-21-9-7-19/h1-5,11-12H,6-9H2/b17-12+. The third-order valence-corrected chi connectivity index (χ3v) is 3.25. The quantitative estimate of drug-likeness (QED) is 0.635. The van der Waals surface area contributed by atoms with Crippen molar-refractivity contribution in [1.29, 1.82) is 5.26 Å². The van der Waals surface area contributed by atoms with Gasteiger partial charge in [-0.2, -0.15) is 10.4 Å². The lowest BCUT2D eigenvalue weighted by atomic mass is 10.3. The first-order valence-corrected chi connectivity index (χ1v) is 6.78. The molecular formula is C15H15N5O. The first kappa shape index (κ1) is 13.3. The Balaban J connectivity index is 1.91. The minimum absolute atomic E-state index is 0.461. The van der Waals surface area contributed by atoms with E-state index in [2.05, 4.69) is 21.1 Å². The summed E-state index contributed by atoms with van der Waals surface area (Å²) < 4.78 is 6.98. The minimum atomic E-state index is 0.461. The number of morpholine rings is 1. The molecule has 1 saturated heterocycles. The predicted octanol–water partition coefficient (Wildman–Crippen LogP) is 1.74. The van der Waals surface area contributed by atoms with E-state index in [0.717, 1.165) is 18.8 Å². The molecule has 0 atom stereocenters. The lowest BCUT2D eigenvalue weighted by molar-refractivity contribution is 0.0701. The van der Waals surface area contributed by atoms with Crippen molar-refractivity contribution in [2.24, 2.45) is 4.99 Å². The molecule has 6 nitrogen and oxygen atoms in total. The van der Waals surface area contributed by atoms with Crippen molar-refractivity contribution in [2.75, 3.05) is 26.3 Å². The van der Waals surface area contributed by atoms with Gasteiger partial charge < -0.3 is 9.64 Å². The largest absolute Gasteiger partial charge is 0.378 e. The van der Waals surface area contributed by atoms with Crippen LogP contribution >= 0.6 is 0 Å². The SMILES string of the molecule is N#Cc1cnn(-c2ccccc2)c1/N=C/N1CCOCC1. The molecule has 6 heteroatoms. The number of nitrogens with zero attached hydrogens (tertiary/aromatic N) is 5. The molecule has 0 spiro atoms. The molecule has 0 saturated carbocycles. The second kappa shape index (κ2) is 6.20. The number of ether oxygens (including phenoxy) is 1. The number of hydrogen-bond donors (Lipinski definition) is 0. The Hall–Kier alpha value is -2.65. The maximum atomic E-state index is 9.20. The van der Waals surface area contributed by atoms with Crippen molar-refractivity contribution in [2.45, 2.75) is 0 Å². The smallest absolute Gasteiger partial charge is 0.175 e. The van der Waals surface area contributed by atoms with Crippen LogP contribution in [-0.2, 0) is 4.74 Å². The highest BCUT2D eigenvalue weighted by Gasteiger charge is 2.12. The van der Waals surface area contributed by atoms with Crippen LogP contribution in [0.1, 0.15) is 5.56 Å². The van der Waals surface area contributed by atoms with E-state index in [1.807, 2.05) is 30.3 Å². The molecular weight excluding hydrogens is 266 g/mol. The van der Waals surface area contributed by atoms with Crippen molar-refractivity contribution < 1.29 is 4.74 Å². The van der Waals surface area contributed by atoms with Crippen LogP contribution in [-0.4, -0.2) is 47.3 Å². The Morgan fingerprint density at radius 3 is 2.71 bits per heavy atom. The van der Waals surface area contributed by atoms with Gasteiger partial charge in [-0.1, -0.05) is 18.2 Å². The van der Waals surface area contributed by atoms with Gasteiger partial charge in [0.2, 0.25) is 0 Å². The number of aromatic nitrogens is 2. The Morgan fingerprint density at radius 2 is 2.00 bits per heavy atom. The Bertz CT molecular complexity index is 665. The molecule has 1 fully saturated rings. The molecule has 1 aromatic heterocycles. The third kappa shape index (κ3) is 2.93.